The summed E-state index contributed by atoms with van der Waals surface area (Å²) in [4.78, 5) is 15.6. The third-order valence-electron chi connectivity index (χ3n) is 4.31. The molecule has 134 valence electrons. The first kappa shape index (κ1) is 16.3. The summed E-state index contributed by atoms with van der Waals surface area (Å²) >= 11 is 0. The second kappa shape index (κ2) is 5.68. The molecular formula is C16H12F3N5O2. The average Bonchev–Trinajstić information content (AvgIpc) is 3.14. The third kappa shape index (κ3) is 2.72. The molecule has 1 fully saturated rings. The van der Waals surface area contributed by atoms with Crippen LogP contribution in [0.15, 0.2) is 42.6 Å². The number of hydrogen-bond acceptors (Lipinski definition) is 5. The number of fused-ring (bicyclic) bond motifs is 1. The first-order valence-corrected chi connectivity index (χ1v) is 7.73. The Kier molecular flexibility index (Phi) is 3.56. The average molecular weight is 363 g/mol. The highest BCUT2D eigenvalue weighted by molar-refractivity contribution is 5.51. The number of rotatable bonds is 3. The fourth-order valence-electron chi connectivity index (χ4n) is 3.20. The molecule has 1 unspecified atom stereocenters. The maximum Gasteiger partial charge on any atom is 0.368 e. The number of aromatic nitrogens is 3. The van der Waals surface area contributed by atoms with Crippen LogP contribution in [0.4, 0.5) is 24.8 Å². The summed E-state index contributed by atoms with van der Waals surface area (Å²) in [5, 5.41) is 15.2. The molecule has 7 nitrogen and oxygen atoms in total. The van der Waals surface area contributed by atoms with Crippen LogP contribution in [0.2, 0.25) is 0 Å². The van der Waals surface area contributed by atoms with Crippen molar-refractivity contribution in [1.82, 2.24) is 14.6 Å². The fourth-order valence-corrected chi connectivity index (χ4v) is 3.20. The Morgan fingerprint density at radius 2 is 2.08 bits per heavy atom. The molecule has 0 spiro atoms. The van der Waals surface area contributed by atoms with Gasteiger partial charge in [0.25, 0.3) is 5.92 Å². The predicted octanol–water partition coefficient (Wildman–Crippen LogP) is 3.36. The Morgan fingerprint density at radius 3 is 2.81 bits per heavy atom. The second-order valence-electron chi connectivity index (χ2n) is 6.09. The van der Waals surface area contributed by atoms with Gasteiger partial charge in [-0.2, -0.15) is 0 Å². The molecule has 0 N–H and O–H groups in total. The number of nitro groups is 1. The largest absolute Gasteiger partial charge is 0.368 e. The van der Waals surface area contributed by atoms with Gasteiger partial charge < -0.3 is 15.0 Å². The molecule has 26 heavy (non-hydrogen) atoms. The Labute approximate surface area is 144 Å². The molecule has 0 saturated carbocycles. The molecule has 0 amide bonds. The van der Waals surface area contributed by atoms with Gasteiger partial charge in [-0.05, 0) is 28.7 Å². The van der Waals surface area contributed by atoms with Crippen molar-refractivity contribution in [1.29, 1.82) is 0 Å². The molecule has 1 aliphatic heterocycles. The number of imidazole rings is 1. The second-order valence-corrected chi connectivity index (χ2v) is 6.09. The van der Waals surface area contributed by atoms with E-state index in [1.165, 1.54) is 35.2 Å². The van der Waals surface area contributed by atoms with E-state index in [9.17, 15) is 23.3 Å². The van der Waals surface area contributed by atoms with E-state index in [4.69, 9.17) is 0 Å². The van der Waals surface area contributed by atoms with Gasteiger partial charge in [0.1, 0.15) is 12.0 Å². The SMILES string of the molecule is O=[N+]([O-])c1cnc2ccc(N3CC(F)(F)CC3c3cccc(F)c3)nn12. The molecule has 1 saturated heterocycles. The minimum Gasteiger partial charge on any atom is -0.358 e. The highest BCUT2D eigenvalue weighted by Gasteiger charge is 2.46. The number of alkyl halides is 2. The van der Waals surface area contributed by atoms with Crippen molar-refractivity contribution >= 4 is 17.3 Å². The van der Waals surface area contributed by atoms with Gasteiger partial charge >= 0.3 is 5.82 Å². The lowest BCUT2D eigenvalue weighted by atomic mass is 10.0. The molecule has 0 radical (unpaired) electrons. The van der Waals surface area contributed by atoms with Gasteiger partial charge in [-0.15, -0.1) is 0 Å². The van der Waals surface area contributed by atoms with E-state index in [-0.39, 0.29) is 17.3 Å². The van der Waals surface area contributed by atoms with Crippen LogP contribution in [0.1, 0.15) is 18.0 Å². The van der Waals surface area contributed by atoms with E-state index < -0.39 is 35.7 Å². The molecule has 1 aromatic carbocycles. The highest BCUT2D eigenvalue weighted by Crippen LogP contribution is 2.43. The van der Waals surface area contributed by atoms with Crippen molar-refractivity contribution in [3.8, 4) is 0 Å². The van der Waals surface area contributed by atoms with E-state index in [1.807, 2.05) is 0 Å². The van der Waals surface area contributed by atoms with Crippen molar-refractivity contribution in [3.05, 3.63) is 64.1 Å². The maximum absolute atomic E-state index is 14.1. The highest BCUT2D eigenvalue weighted by atomic mass is 19.3. The molecule has 3 heterocycles. The first-order valence-electron chi connectivity index (χ1n) is 7.73. The number of benzene rings is 1. The lowest BCUT2D eigenvalue weighted by molar-refractivity contribution is -0.391. The van der Waals surface area contributed by atoms with E-state index in [2.05, 4.69) is 10.1 Å². The summed E-state index contributed by atoms with van der Waals surface area (Å²) in [5.74, 6) is -3.75. The quantitative estimate of drug-likeness (QED) is 0.527. The van der Waals surface area contributed by atoms with Gasteiger partial charge in [0.15, 0.2) is 5.82 Å². The standard InChI is InChI=1S/C16H12F3N5O2/c17-11-3-1-2-10(6-11)12-7-16(18,19)9-22(12)14-5-4-13-20-8-15(24(25)26)23(13)21-14/h1-6,8,12H,7,9H2. The summed E-state index contributed by atoms with van der Waals surface area (Å²) in [6.07, 6.45) is 0.553. The normalized spacial score (nSPS) is 19.2. The lowest BCUT2D eigenvalue weighted by Gasteiger charge is -2.24. The van der Waals surface area contributed by atoms with Gasteiger partial charge in [-0.3, -0.25) is 0 Å². The van der Waals surface area contributed by atoms with Crippen LogP contribution in [0.25, 0.3) is 5.65 Å². The predicted molar refractivity (Wildman–Crippen MR) is 85.7 cm³/mol. The molecule has 1 atom stereocenters. The number of hydrogen-bond donors (Lipinski definition) is 0. The molecule has 1 aliphatic rings. The van der Waals surface area contributed by atoms with Crippen molar-refractivity contribution < 1.29 is 18.1 Å². The Morgan fingerprint density at radius 1 is 1.27 bits per heavy atom. The summed E-state index contributed by atoms with van der Waals surface area (Å²) in [5.41, 5.74) is 0.623. The molecule has 3 aromatic rings. The fraction of sp³-hybridized carbons (Fsp3) is 0.250. The lowest BCUT2D eigenvalue weighted by Crippen LogP contribution is -2.27. The Hall–Kier alpha value is -3.17. The summed E-state index contributed by atoms with van der Waals surface area (Å²) in [7, 11) is 0. The van der Waals surface area contributed by atoms with E-state index in [1.54, 1.807) is 6.07 Å². The minimum absolute atomic E-state index is 0.130. The monoisotopic (exact) mass is 363 g/mol. The molecule has 4 rings (SSSR count). The summed E-state index contributed by atoms with van der Waals surface area (Å²) < 4.78 is 42.7. The van der Waals surface area contributed by atoms with Crippen molar-refractivity contribution in [3.63, 3.8) is 0 Å². The zero-order valence-corrected chi connectivity index (χ0v) is 13.2. The molecule has 0 bridgehead atoms. The maximum atomic E-state index is 14.1. The van der Waals surface area contributed by atoms with Crippen molar-refractivity contribution in [2.45, 2.75) is 18.4 Å². The van der Waals surface area contributed by atoms with Crippen LogP contribution in [-0.2, 0) is 0 Å². The number of nitrogens with zero attached hydrogens (tertiary/aromatic N) is 5. The molecule has 2 aromatic heterocycles. The summed E-state index contributed by atoms with van der Waals surface area (Å²) in [6.45, 7) is -0.616. The van der Waals surface area contributed by atoms with Crippen LogP contribution in [-0.4, -0.2) is 32.0 Å². The number of anilines is 1. The van der Waals surface area contributed by atoms with Gasteiger partial charge in [-0.1, -0.05) is 21.7 Å². The molecule has 0 aliphatic carbocycles. The van der Waals surface area contributed by atoms with E-state index in [0.29, 0.717) is 5.56 Å². The van der Waals surface area contributed by atoms with Crippen LogP contribution < -0.4 is 4.90 Å². The van der Waals surface area contributed by atoms with Gasteiger partial charge in [0, 0.05) is 12.5 Å². The van der Waals surface area contributed by atoms with Gasteiger partial charge in [0.05, 0.1) is 12.6 Å². The zero-order valence-electron chi connectivity index (χ0n) is 13.2. The van der Waals surface area contributed by atoms with Gasteiger partial charge in [0.2, 0.25) is 5.65 Å². The Balaban J connectivity index is 1.80. The molecule has 10 heteroatoms. The van der Waals surface area contributed by atoms with E-state index in [0.717, 1.165) is 10.7 Å². The van der Waals surface area contributed by atoms with Crippen LogP contribution in [0, 0.1) is 15.9 Å². The summed E-state index contributed by atoms with van der Waals surface area (Å²) in [6, 6.07) is 7.61. The van der Waals surface area contributed by atoms with Crippen molar-refractivity contribution in [2.75, 3.05) is 11.4 Å². The smallest absolute Gasteiger partial charge is 0.358 e. The topological polar surface area (TPSA) is 76.6 Å². The first-order chi connectivity index (χ1) is 12.3. The van der Waals surface area contributed by atoms with Gasteiger partial charge in [-0.25, -0.2) is 18.2 Å². The van der Waals surface area contributed by atoms with Crippen molar-refractivity contribution in [2.24, 2.45) is 0 Å². The third-order valence-corrected chi connectivity index (χ3v) is 4.31. The van der Waals surface area contributed by atoms with Crippen LogP contribution in [0.3, 0.4) is 0 Å². The molecular weight excluding hydrogens is 351 g/mol. The van der Waals surface area contributed by atoms with Crippen LogP contribution >= 0.6 is 0 Å². The minimum atomic E-state index is -2.99. The number of halogens is 3. The van der Waals surface area contributed by atoms with Crippen LogP contribution in [0.5, 0.6) is 0 Å². The zero-order chi connectivity index (χ0) is 18.5. The van der Waals surface area contributed by atoms with E-state index >= 15 is 0 Å². The Bertz CT molecular complexity index is 1010.